The minimum absolute atomic E-state index is 0.172. The first-order valence-electron chi connectivity index (χ1n) is 5.94. The molecule has 4 nitrogen and oxygen atoms in total. The van der Waals surface area contributed by atoms with Crippen molar-refractivity contribution >= 4 is 22.3 Å². The number of hydrogen-bond donors (Lipinski definition) is 0. The van der Waals surface area contributed by atoms with E-state index < -0.39 is 6.10 Å². The van der Waals surface area contributed by atoms with Crippen LogP contribution in [0.3, 0.4) is 0 Å². The van der Waals surface area contributed by atoms with Crippen molar-refractivity contribution in [2.24, 2.45) is 5.16 Å². The summed E-state index contributed by atoms with van der Waals surface area (Å²) in [6, 6.07) is 15.2. The number of oxime groups is 1. The number of hydrogen-bond acceptors (Lipinski definition) is 4. The van der Waals surface area contributed by atoms with Crippen LogP contribution in [0.2, 0.25) is 0 Å². The first kappa shape index (κ1) is 11.4. The van der Waals surface area contributed by atoms with Crippen LogP contribution in [0.5, 0.6) is 0 Å². The minimum atomic E-state index is -0.645. The van der Waals surface area contributed by atoms with Crippen molar-refractivity contribution in [2.75, 3.05) is 0 Å². The summed E-state index contributed by atoms with van der Waals surface area (Å²) in [5.41, 5.74) is 0.905. The Balaban J connectivity index is 2.02. The molecule has 92 valence electrons. The largest absolute Gasteiger partial charge is 0.376 e. The average Bonchev–Trinajstić information content (AvgIpc) is 2.95. The van der Waals surface area contributed by atoms with E-state index in [0.29, 0.717) is 11.3 Å². The second-order valence-corrected chi connectivity index (χ2v) is 4.32. The molecule has 1 aliphatic heterocycles. The number of fused-ring (bicyclic) bond motifs is 1. The number of ketones is 1. The summed E-state index contributed by atoms with van der Waals surface area (Å²) in [5.74, 6) is -0.172. The van der Waals surface area contributed by atoms with Crippen molar-refractivity contribution in [2.45, 2.75) is 12.5 Å². The maximum atomic E-state index is 12.4. The van der Waals surface area contributed by atoms with Gasteiger partial charge in [0.2, 0.25) is 11.9 Å². The zero-order valence-corrected chi connectivity index (χ0v) is 10.0. The van der Waals surface area contributed by atoms with Crippen LogP contribution in [0.1, 0.15) is 16.8 Å². The number of nitrogens with zero attached hydrogens (tertiary/aromatic N) is 2. The Morgan fingerprint density at radius 1 is 1.26 bits per heavy atom. The van der Waals surface area contributed by atoms with E-state index in [9.17, 15) is 4.79 Å². The highest BCUT2D eigenvalue weighted by Crippen LogP contribution is 2.21. The zero-order valence-electron chi connectivity index (χ0n) is 10.0. The van der Waals surface area contributed by atoms with Gasteiger partial charge >= 0.3 is 0 Å². The molecule has 2 aromatic carbocycles. The fraction of sp³-hybridized carbons (Fsp3) is 0.133. The molecule has 0 aromatic heterocycles. The van der Waals surface area contributed by atoms with Gasteiger partial charge in [-0.1, -0.05) is 47.6 Å². The van der Waals surface area contributed by atoms with E-state index in [-0.39, 0.29) is 12.2 Å². The summed E-state index contributed by atoms with van der Waals surface area (Å²) in [6.45, 7) is 0. The lowest BCUT2D eigenvalue weighted by molar-refractivity contribution is 0.106. The monoisotopic (exact) mass is 250 g/mol. The molecule has 1 atom stereocenters. The fourth-order valence-electron chi connectivity index (χ4n) is 2.16. The van der Waals surface area contributed by atoms with Crippen LogP contribution in [-0.2, 0) is 4.84 Å². The van der Waals surface area contributed by atoms with Crippen molar-refractivity contribution in [1.82, 2.24) is 0 Å². The van der Waals surface area contributed by atoms with Gasteiger partial charge in [0.1, 0.15) is 11.8 Å². The third kappa shape index (κ3) is 1.95. The Morgan fingerprint density at radius 3 is 2.84 bits per heavy atom. The number of nitriles is 1. The summed E-state index contributed by atoms with van der Waals surface area (Å²) in [4.78, 5) is 17.3. The molecule has 0 spiro atoms. The Hall–Kier alpha value is -2.67. The first-order chi connectivity index (χ1) is 9.29. The standard InChI is InChI=1S/C15H10N2O2/c16-9-11-8-14(17-19-11)15(18)13-7-3-5-10-4-1-2-6-12(10)13/h1-7,11H,8H2. The predicted octanol–water partition coefficient (Wildman–Crippen LogP) is 2.69. The van der Waals surface area contributed by atoms with Crippen LogP contribution in [0, 0.1) is 11.3 Å². The number of Topliss-reactive ketones (excluding diaryl/α,β-unsaturated/α-hetero) is 1. The minimum Gasteiger partial charge on any atom is -0.376 e. The van der Waals surface area contributed by atoms with Crippen LogP contribution in [0.25, 0.3) is 10.8 Å². The number of carbonyl (C=O) groups excluding carboxylic acids is 1. The third-order valence-corrected chi connectivity index (χ3v) is 3.11. The van der Waals surface area contributed by atoms with Gasteiger partial charge in [0.15, 0.2) is 0 Å². The van der Waals surface area contributed by atoms with E-state index in [1.165, 1.54) is 0 Å². The normalized spacial score (nSPS) is 17.6. The van der Waals surface area contributed by atoms with Crippen molar-refractivity contribution in [3.8, 4) is 6.07 Å². The third-order valence-electron chi connectivity index (χ3n) is 3.11. The van der Waals surface area contributed by atoms with Crippen molar-refractivity contribution < 1.29 is 9.63 Å². The second kappa shape index (κ2) is 4.54. The number of carbonyl (C=O) groups is 1. The molecule has 1 aliphatic rings. The maximum Gasteiger partial charge on any atom is 0.218 e. The van der Waals surface area contributed by atoms with Gasteiger partial charge < -0.3 is 4.84 Å². The summed E-state index contributed by atoms with van der Waals surface area (Å²) in [7, 11) is 0. The SMILES string of the molecule is N#CC1CC(C(=O)c2cccc3ccccc23)=NO1. The molecule has 4 heteroatoms. The first-order valence-corrected chi connectivity index (χ1v) is 5.94. The lowest BCUT2D eigenvalue weighted by Crippen LogP contribution is -2.15. The Bertz CT molecular complexity index is 723. The van der Waals surface area contributed by atoms with Gasteiger partial charge in [-0.2, -0.15) is 5.26 Å². The van der Waals surface area contributed by atoms with Crippen molar-refractivity contribution in [1.29, 1.82) is 5.26 Å². The maximum absolute atomic E-state index is 12.4. The van der Waals surface area contributed by atoms with Gasteiger partial charge in [-0.05, 0) is 10.8 Å². The van der Waals surface area contributed by atoms with Gasteiger partial charge in [-0.3, -0.25) is 4.79 Å². The highest BCUT2D eigenvalue weighted by Gasteiger charge is 2.27. The van der Waals surface area contributed by atoms with Gasteiger partial charge in [0.05, 0.1) is 6.42 Å². The van der Waals surface area contributed by atoms with Gasteiger partial charge in [-0.15, -0.1) is 0 Å². The summed E-state index contributed by atoms with van der Waals surface area (Å²) >= 11 is 0. The molecule has 1 unspecified atom stereocenters. The molecule has 0 N–H and O–H groups in total. The quantitative estimate of drug-likeness (QED) is 0.770. The molecule has 3 rings (SSSR count). The molecular weight excluding hydrogens is 240 g/mol. The molecular formula is C15H10N2O2. The highest BCUT2D eigenvalue weighted by atomic mass is 16.6. The number of rotatable bonds is 2. The van der Waals surface area contributed by atoms with Crippen LogP contribution >= 0.6 is 0 Å². The van der Waals surface area contributed by atoms with E-state index >= 15 is 0 Å². The molecule has 0 aliphatic carbocycles. The molecule has 0 saturated carbocycles. The molecule has 0 radical (unpaired) electrons. The lowest BCUT2D eigenvalue weighted by Gasteiger charge is -2.04. The lowest BCUT2D eigenvalue weighted by atomic mass is 9.97. The van der Waals surface area contributed by atoms with Gasteiger partial charge in [0.25, 0.3) is 0 Å². The van der Waals surface area contributed by atoms with Crippen LogP contribution in [0.15, 0.2) is 47.6 Å². The topological polar surface area (TPSA) is 62.5 Å². The summed E-state index contributed by atoms with van der Waals surface area (Å²) in [5, 5.41) is 14.4. The highest BCUT2D eigenvalue weighted by molar-refractivity contribution is 6.48. The second-order valence-electron chi connectivity index (χ2n) is 4.32. The van der Waals surface area contributed by atoms with E-state index in [1.54, 1.807) is 6.07 Å². The molecule has 1 heterocycles. The molecule has 0 fully saturated rings. The molecule has 0 saturated heterocycles. The fourth-order valence-corrected chi connectivity index (χ4v) is 2.16. The van der Waals surface area contributed by atoms with Crippen molar-refractivity contribution in [3.05, 3.63) is 48.0 Å². The van der Waals surface area contributed by atoms with Crippen LogP contribution < -0.4 is 0 Å². The Labute approximate surface area is 109 Å². The Kier molecular flexibility index (Phi) is 2.73. The summed E-state index contributed by atoms with van der Waals surface area (Å²) < 4.78 is 0. The van der Waals surface area contributed by atoms with E-state index in [2.05, 4.69) is 5.16 Å². The van der Waals surface area contributed by atoms with Crippen molar-refractivity contribution in [3.63, 3.8) is 0 Å². The van der Waals surface area contributed by atoms with E-state index in [0.717, 1.165) is 10.8 Å². The molecule has 19 heavy (non-hydrogen) atoms. The molecule has 0 amide bonds. The van der Waals surface area contributed by atoms with E-state index in [1.807, 2.05) is 42.5 Å². The smallest absolute Gasteiger partial charge is 0.218 e. The van der Waals surface area contributed by atoms with Gasteiger partial charge in [-0.25, -0.2) is 0 Å². The molecule has 2 aromatic rings. The predicted molar refractivity (Wildman–Crippen MR) is 70.8 cm³/mol. The Morgan fingerprint density at radius 2 is 2.05 bits per heavy atom. The number of benzene rings is 2. The van der Waals surface area contributed by atoms with Gasteiger partial charge in [0, 0.05) is 5.56 Å². The summed E-state index contributed by atoms with van der Waals surface area (Å²) in [6.07, 6.45) is -0.396. The zero-order chi connectivity index (χ0) is 13.2. The van der Waals surface area contributed by atoms with E-state index in [4.69, 9.17) is 10.1 Å². The van der Waals surface area contributed by atoms with Crippen LogP contribution in [0.4, 0.5) is 0 Å². The molecule has 0 bridgehead atoms. The average molecular weight is 250 g/mol. The van der Waals surface area contributed by atoms with Crippen LogP contribution in [-0.4, -0.2) is 17.6 Å².